The predicted octanol–water partition coefficient (Wildman–Crippen LogP) is 2.37. The fourth-order valence-electron chi connectivity index (χ4n) is 4.13. The number of rotatable bonds is 5. The minimum Gasteiger partial charge on any atom is -0.450 e. The average molecular weight is 486 g/mol. The van der Waals surface area contributed by atoms with Gasteiger partial charge in [-0.15, -0.1) is 0 Å². The molecule has 3 heterocycles. The van der Waals surface area contributed by atoms with E-state index in [4.69, 9.17) is 4.74 Å². The van der Waals surface area contributed by atoms with Crippen molar-refractivity contribution in [1.82, 2.24) is 19.8 Å². The quantitative estimate of drug-likeness (QED) is 0.575. The third-order valence-corrected chi connectivity index (χ3v) is 5.95. The van der Waals surface area contributed by atoms with Gasteiger partial charge in [0, 0.05) is 37.0 Å². The second kappa shape index (κ2) is 10.1. The molecule has 0 aliphatic carbocycles. The van der Waals surface area contributed by atoms with Crippen LogP contribution in [0.25, 0.3) is 11.0 Å². The first-order chi connectivity index (χ1) is 16.8. The molecule has 1 aliphatic heterocycles. The molecule has 2 amide bonds. The zero-order valence-electron chi connectivity index (χ0n) is 19.0. The molecule has 0 unspecified atom stereocenters. The molecule has 2 N–H and O–H groups in total. The van der Waals surface area contributed by atoms with Crippen LogP contribution in [-0.4, -0.2) is 52.2 Å². The van der Waals surface area contributed by atoms with Crippen LogP contribution in [0.15, 0.2) is 46.1 Å². The molecule has 4 rings (SSSR count). The summed E-state index contributed by atoms with van der Waals surface area (Å²) in [5.74, 6) is -2.24. The normalized spacial score (nSPS) is 14.2. The minimum absolute atomic E-state index is 0.140. The van der Waals surface area contributed by atoms with Crippen LogP contribution < -0.4 is 16.3 Å². The standard InChI is InChI=1S/C24H24F2N4O5/c1-2-35-24(34)29-10-8-14(9-11-29)27-23(33)16-13-30(12-15-17(25)4-3-5-18(15)26)19-6-7-20(31)28-21(19)22(16)32/h3-7,13-14H,2,8-12H2,1H3,(H,27,33)(H,28,31). The largest absolute Gasteiger partial charge is 0.450 e. The van der Waals surface area contributed by atoms with E-state index in [1.54, 1.807) is 11.8 Å². The highest BCUT2D eigenvalue weighted by Gasteiger charge is 2.26. The van der Waals surface area contributed by atoms with E-state index >= 15 is 0 Å². The number of amides is 2. The number of carbonyl (C=O) groups is 2. The third-order valence-electron chi connectivity index (χ3n) is 5.95. The van der Waals surface area contributed by atoms with E-state index in [0.29, 0.717) is 25.9 Å². The van der Waals surface area contributed by atoms with E-state index in [-0.39, 0.29) is 41.4 Å². The highest BCUT2D eigenvalue weighted by molar-refractivity contribution is 5.96. The molecule has 1 saturated heterocycles. The smallest absolute Gasteiger partial charge is 0.409 e. The zero-order valence-corrected chi connectivity index (χ0v) is 19.0. The summed E-state index contributed by atoms with van der Waals surface area (Å²) in [5.41, 5.74) is -1.70. The van der Waals surface area contributed by atoms with E-state index < -0.39 is 34.6 Å². The molecular weight excluding hydrogens is 462 g/mol. The summed E-state index contributed by atoms with van der Waals surface area (Å²) in [6, 6.07) is 5.72. The Morgan fingerprint density at radius 3 is 2.46 bits per heavy atom. The number of aromatic amines is 1. The van der Waals surface area contributed by atoms with Crippen molar-refractivity contribution >= 4 is 23.0 Å². The second-order valence-corrected chi connectivity index (χ2v) is 8.22. The molecule has 3 aromatic rings. The number of carbonyl (C=O) groups excluding carboxylic acids is 2. The number of aromatic nitrogens is 2. The summed E-state index contributed by atoms with van der Waals surface area (Å²) in [4.78, 5) is 53.8. The highest BCUT2D eigenvalue weighted by Crippen LogP contribution is 2.18. The fourth-order valence-corrected chi connectivity index (χ4v) is 4.13. The molecule has 0 saturated carbocycles. The van der Waals surface area contributed by atoms with Gasteiger partial charge in [-0.2, -0.15) is 0 Å². The first-order valence-corrected chi connectivity index (χ1v) is 11.2. The molecule has 9 nitrogen and oxygen atoms in total. The number of nitrogens with one attached hydrogen (secondary N) is 2. The van der Waals surface area contributed by atoms with Crippen LogP contribution in [0.4, 0.5) is 13.6 Å². The van der Waals surface area contributed by atoms with Crippen molar-refractivity contribution in [1.29, 1.82) is 0 Å². The summed E-state index contributed by atoms with van der Waals surface area (Å²) in [6.07, 6.45) is 1.74. The lowest BCUT2D eigenvalue weighted by atomic mass is 10.0. The van der Waals surface area contributed by atoms with Crippen LogP contribution in [-0.2, 0) is 11.3 Å². The summed E-state index contributed by atoms with van der Waals surface area (Å²) >= 11 is 0. The van der Waals surface area contributed by atoms with Gasteiger partial charge in [0.25, 0.3) is 5.91 Å². The summed E-state index contributed by atoms with van der Waals surface area (Å²) in [7, 11) is 0. The Morgan fingerprint density at radius 2 is 1.80 bits per heavy atom. The van der Waals surface area contributed by atoms with Crippen LogP contribution in [0.1, 0.15) is 35.7 Å². The Balaban J connectivity index is 1.63. The maximum absolute atomic E-state index is 14.3. The zero-order chi connectivity index (χ0) is 25.1. The maximum atomic E-state index is 14.3. The molecule has 1 fully saturated rings. The van der Waals surface area contributed by atoms with Crippen LogP contribution in [0.3, 0.4) is 0 Å². The van der Waals surface area contributed by atoms with Crippen LogP contribution in [0.5, 0.6) is 0 Å². The number of ether oxygens (including phenoxy) is 1. The number of H-pyrrole nitrogens is 1. The van der Waals surface area contributed by atoms with Gasteiger partial charge >= 0.3 is 6.09 Å². The summed E-state index contributed by atoms with van der Waals surface area (Å²) in [5, 5.41) is 2.79. The van der Waals surface area contributed by atoms with Crippen LogP contribution in [0.2, 0.25) is 0 Å². The molecule has 35 heavy (non-hydrogen) atoms. The molecular formula is C24H24F2N4O5. The van der Waals surface area contributed by atoms with Crippen molar-refractivity contribution in [3.8, 4) is 0 Å². The molecule has 184 valence electrons. The van der Waals surface area contributed by atoms with Gasteiger partial charge < -0.3 is 24.5 Å². The number of nitrogens with zero attached hydrogens (tertiary/aromatic N) is 2. The van der Waals surface area contributed by atoms with Gasteiger partial charge in [0.1, 0.15) is 22.7 Å². The van der Waals surface area contributed by atoms with Gasteiger partial charge in [-0.25, -0.2) is 13.6 Å². The number of benzene rings is 1. The van der Waals surface area contributed by atoms with Crippen molar-refractivity contribution in [3.63, 3.8) is 0 Å². The van der Waals surface area contributed by atoms with Crippen molar-refractivity contribution < 1.29 is 23.1 Å². The number of likely N-dealkylation sites (tertiary alicyclic amines) is 1. The lowest BCUT2D eigenvalue weighted by molar-refractivity contribution is 0.0859. The fraction of sp³-hybridized carbons (Fsp3) is 0.333. The van der Waals surface area contributed by atoms with Gasteiger partial charge in [-0.05, 0) is 38.0 Å². The highest BCUT2D eigenvalue weighted by atomic mass is 19.1. The van der Waals surface area contributed by atoms with Crippen molar-refractivity contribution in [2.45, 2.75) is 32.4 Å². The van der Waals surface area contributed by atoms with E-state index in [9.17, 15) is 28.0 Å². The SMILES string of the molecule is CCOC(=O)N1CCC(NC(=O)c2cn(Cc3c(F)cccc3F)c3ccc(=O)[nH]c3c2=O)CC1. The molecule has 2 aromatic heterocycles. The maximum Gasteiger partial charge on any atom is 0.409 e. The molecule has 11 heteroatoms. The minimum atomic E-state index is -0.777. The monoisotopic (exact) mass is 486 g/mol. The van der Waals surface area contributed by atoms with Gasteiger partial charge in [-0.1, -0.05) is 6.07 Å². The number of hydrogen-bond donors (Lipinski definition) is 2. The topological polar surface area (TPSA) is 114 Å². The Bertz CT molecular complexity index is 1370. The van der Waals surface area contributed by atoms with Gasteiger partial charge in [0.2, 0.25) is 11.0 Å². The van der Waals surface area contributed by atoms with Crippen LogP contribution >= 0.6 is 0 Å². The first kappa shape index (κ1) is 24.1. The lowest BCUT2D eigenvalue weighted by Gasteiger charge is -2.31. The Kier molecular flexibility index (Phi) is 6.94. The molecule has 0 radical (unpaired) electrons. The Morgan fingerprint density at radius 1 is 1.11 bits per heavy atom. The number of halogens is 2. The molecule has 0 spiro atoms. The molecule has 0 atom stereocenters. The van der Waals surface area contributed by atoms with Gasteiger partial charge in [0.15, 0.2) is 0 Å². The predicted molar refractivity (Wildman–Crippen MR) is 123 cm³/mol. The number of fused-ring (bicyclic) bond motifs is 1. The number of pyridine rings is 2. The third kappa shape index (κ3) is 5.08. The van der Waals surface area contributed by atoms with Crippen molar-refractivity contribution in [2.24, 2.45) is 0 Å². The molecule has 1 aromatic carbocycles. The van der Waals surface area contributed by atoms with Gasteiger partial charge in [0.05, 0.1) is 18.7 Å². The molecule has 0 bridgehead atoms. The first-order valence-electron chi connectivity index (χ1n) is 11.2. The van der Waals surface area contributed by atoms with E-state index in [2.05, 4.69) is 10.3 Å². The summed E-state index contributed by atoms with van der Waals surface area (Å²) in [6.45, 7) is 2.44. The van der Waals surface area contributed by atoms with Crippen molar-refractivity contribution in [2.75, 3.05) is 19.7 Å². The Labute approximate surface area is 198 Å². The summed E-state index contributed by atoms with van der Waals surface area (Å²) < 4.78 is 34.9. The van der Waals surface area contributed by atoms with Crippen molar-refractivity contribution in [3.05, 3.63) is 79.9 Å². The lowest BCUT2D eigenvalue weighted by Crippen LogP contribution is -2.47. The number of piperidine rings is 1. The van der Waals surface area contributed by atoms with Gasteiger partial charge in [-0.3, -0.25) is 14.4 Å². The number of hydrogen-bond acceptors (Lipinski definition) is 5. The van der Waals surface area contributed by atoms with Crippen LogP contribution in [0, 0.1) is 11.6 Å². The molecule has 1 aliphatic rings. The Hall–Kier alpha value is -4.02. The second-order valence-electron chi connectivity index (χ2n) is 8.22. The van der Waals surface area contributed by atoms with E-state index in [1.807, 2.05) is 0 Å². The average Bonchev–Trinajstić information content (AvgIpc) is 2.83. The van der Waals surface area contributed by atoms with E-state index in [1.165, 1.54) is 29.0 Å². The van der Waals surface area contributed by atoms with E-state index in [0.717, 1.165) is 12.1 Å².